The van der Waals surface area contributed by atoms with E-state index >= 15 is 0 Å². The van der Waals surface area contributed by atoms with Gasteiger partial charge in [0.15, 0.2) is 0 Å². The van der Waals surface area contributed by atoms with Crippen molar-refractivity contribution in [1.29, 1.82) is 0 Å². The van der Waals surface area contributed by atoms with Gasteiger partial charge in [0.2, 0.25) is 0 Å². The van der Waals surface area contributed by atoms with Crippen molar-refractivity contribution in [3.63, 3.8) is 0 Å². The first-order chi connectivity index (χ1) is 14.1. The van der Waals surface area contributed by atoms with E-state index < -0.39 is 0 Å². The lowest BCUT2D eigenvalue weighted by atomic mass is 10.1. The van der Waals surface area contributed by atoms with Crippen LogP contribution in [0.3, 0.4) is 0 Å². The number of nitrogens with one attached hydrogen (secondary N) is 1. The van der Waals surface area contributed by atoms with E-state index in [0.29, 0.717) is 4.88 Å². The van der Waals surface area contributed by atoms with Crippen molar-refractivity contribution in [2.75, 3.05) is 5.32 Å². The average molecular weight is 398 g/mol. The number of aryl methyl sites for hydroxylation is 2. The van der Waals surface area contributed by atoms with Gasteiger partial charge in [-0.05, 0) is 49.1 Å². The van der Waals surface area contributed by atoms with Crippen molar-refractivity contribution < 1.29 is 4.79 Å². The van der Waals surface area contributed by atoms with E-state index in [1.54, 1.807) is 0 Å². The summed E-state index contributed by atoms with van der Waals surface area (Å²) in [5.41, 5.74) is 3.92. The Morgan fingerprint density at radius 1 is 0.931 bits per heavy atom. The van der Waals surface area contributed by atoms with Gasteiger partial charge in [-0.2, -0.15) is 5.10 Å². The van der Waals surface area contributed by atoms with Crippen LogP contribution in [0.4, 0.5) is 5.69 Å². The van der Waals surface area contributed by atoms with Crippen LogP contribution in [0.1, 0.15) is 20.9 Å². The number of nitrogens with zero attached hydrogens (tertiary/aromatic N) is 2. The summed E-state index contributed by atoms with van der Waals surface area (Å²) in [6.45, 7) is 4.04. The molecule has 3 aromatic carbocycles. The van der Waals surface area contributed by atoms with Gasteiger partial charge in [0.1, 0.15) is 4.83 Å². The summed E-state index contributed by atoms with van der Waals surface area (Å²) in [5, 5.41) is 10.9. The molecule has 0 saturated carbocycles. The van der Waals surface area contributed by atoms with Crippen molar-refractivity contribution in [3.05, 3.63) is 88.9 Å². The molecule has 5 rings (SSSR count). The van der Waals surface area contributed by atoms with E-state index in [0.717, 1.165) is 38.1 Å². The lowest BCUT2D eigenvalue weighted by Crippen LogP contribution is -2.10. The summed E-state index contributed by atoms with van der Waals surface area (Å²) in [7, 11) is 0. The molecule has 0 aliphatic rings. The van der Waals surface area contributed by atoms with Crippen LogP contribution in [-0.2, 0) is 0 Å². The van der Waals surface area contributed by atoms with Crippen molar-refractivity contribution in [3.8, 4) is 5.69 Å². The molecule has 142 valence electrons. The maximum absolute atomic E-state index is 13.0. The van der Waals surface area contributed by atoms with Crippen LogP contribution in [0.25, 0.3) is 26.7 Å². The van der Waals surface area contributed by atoms with Crippen LogP contribution in [-0.4, -0.2) is 15.7 Å². The lowest BCUT2D eigenvalue weighted by molar-refractivity contribution is 0.103. The topological polar surface area (TPSA) is 46.9 Å². The zero-order valence-corrected chi connectivity index (χ0v) is 17.0. The fourth-order valence-electron chi connectivity index (χ4n) is 3.61. The summed E-state index contributed by atoms with van der Waals surface area (Å²) in [6.07, 6.45) is 0. The van der Waals surface area contributed by atoms with E-state index in [2.05, 4.69) is 29.5 Å². The molecule has 0 aliphatic heterocycles. The third kappa shape index (κ3) is 3.09. The summed E-state index contributed by atoms with van der Waals surface area (Å²) < 4.78 is 1.93. The Hall–Kier alpha value is -3.44. The van der Waals surface area contributed by atoms with Crippen LogP contribution >= 0.6 is 11.3 Å². The summed E-state index contributed by atoms with van der Waals surface area (Å²) in [6, 6.07) is 24.2. The van der Waals surface area contributed by atoms with E-state index in [9.17, 15) is 4.79 Å². The zero-order valence-electron chi connectivity index (χ0n) is 16.1. The van der Waals surface area contributed by atoms with Crippen LogP contribution in [0.5, 0.6) is 0 Å². The smallest absolute Gasteiger partial charge is 0.265 e. The van der Waals surface area contributed by atoms with Crippen LogP contribution in [0, 0.1) is 13.8 Å². The van der Waals surface area contributed by atoms with Gasteiger partial charge in [-0.1, -0.05) is 48.5 Å². The molecular weight excluding hydrogens is 378 g/mol. The monoisotopic (exact) mass is 397 g/mol. The minimum absolute atomic E-state index is 0.0993. The van der Waals surface area contributed by atoms with Crippen molar-refractivity contribution in [2.24, 2.45) is 0 Å². The van der Waals surface area contributed by atoms with Gasteiger partial charge in [0.25, 0.3) is 5.91 Å². The Morgan fingerprint density at radius 3 is 2.59 bits per heavy atom. The number of rotatable bonds is 3. The fraction of sp³-hybridized carbons (Fsp3) is 0.0833. The summed E-state index contributed by atoms with van der Waals surface area (Å²) in [4.78, 5) is 14.7. The maximum Gasteiger partial charge on any atom is 0.265 e. The third-order valence-corrected chi connectivity index (χ3v) is 6.16. The van der Waals surface area contributed by atoms with Crippen LogP contribution in [0.15, 0.2) is 72.8 Å². The predicted molar refractivity (Wildman–Crippen MR) is 120 cm³/mol. The van der Waals surface area contributed by atoms with Crippen molar-refractivity contribution in [2.45, 2.75) is 13.8 Å². The highest BCUT2D eigenvalue weighted by Gasteiger charge is 2.18. The van der Waals surface area contributed by atoms with Crippen molar-refractivity contribution in [1.82, 2.24) is 9.78 Å². The first-order valence-electron chi connectivity index (χ1n) is 9.45. The van der Waals surface area contributed by atoms with Gasteiger partial charge < -0.3 is 5.32 Å². The number of fused-ring (bicyclic) bond motifs is 2. The second-order valence-corrected chi connectivity index (χ2v) is 8.18. The first kappa shape index (κ1) is 17.6. The zero-order chi connectivity index (χ0) is 20.0. The van der Waals surface area contributed by atoms with E-state index in [4.69, 9.17) is 0 Å². The fourth-order valence-corrected chi connectivity index (χ4v) is 4.69. The highest BCUT2D eigenvalue weighted by Crippen LogP contribution is 2.32. The van der Waals surface area contributed by atoms with Gasteiger partial charge in [-0.15, -0.1) is 11.3 Å². The van der Waals surface area contributed by atoms with Gasteiger partial charge in [-0.25, -0.2) is 4.68 Å². The molecule has 2 heterocycles. The molecule has 0 unspecified atom stereocenters. The molecule has 0 aliphatic carbocycles. The van der Waals surface area contributed by atoms with Gasteiger partial charge in [0, 0.05) is 16.5 Å². The molecule has 4 nitrogen and oxygen atoms in total. The van der Waals surface area contributed by atoms with Gasteiger partial charge in [0.05, 0.1) is 16.3 Å². The highest BCUT2D eigenvalue weighted by molar-refractivity contribution is 7.20. The summed E-state index contributed by atoms with van der Waals surface area (Å²) >= 11 is 1.47. The minimum atomic E-state index is -0.0993. The molecule has 29 heavy (non-hydrogen) atoms. The Balaban J connectivity index is 1.54. The largest absolute Gasteiger partial charge is 0.321 e. The Labute approximate surface area is 172 Å². The van der Waals surface area contributed by atoms with Gasteiger partial charge in [-0.3, -0.25) is 4.79 Å². The van der Waals surface area contributed by atoms with E-state index in [1.807, 2.05) is 72.3 Å². The molecule has 0 atom stereocenters. The SMILES string of the molecule is Cc1cccc(-n2nc(C)c3cc(C(=O)Nc4cccc5ccccc45)sc32)c1. The molecule has 0 radical (unpaired) electrons. The lowest BCUT2D eigenvalue weighted by Gasteiger charge is -2.07. The molecule has 0 saturated heterocycles. The number of benzene rings is 3. The number of aromatic nitrogens is 2. The standard InChI is InChI=1S/C24H19N3OS/c1-15-7-5-10-18(13-15)27-24-20(16(2)26-27)14-22(29-24)23(28)25-21-12-6-9-17-8-3-4-11-19(17)21/h3-14H,1-2H3,(H,25,28). The molecule has 1 N–H and O–H groups in total. The number of anilines is 1. The number of thiophene rings is 1. The third-order valence-electron chi connectivity index (χ3n) is 5.05. The normalized spacial score (nSPS) is 11.2. The molecule has 0 spiro atoms. The minimum Gasteiger partial charge on any atom is -0.321 e. The highest BCUT2D eigenvalue weighted by atomic mass is 32.1. The average Bonchev–Trinajstić information content (AvgIpc) is 3.29. The second kappa shape index (κ2) is 6.87. The molecule has 5 aromatic rings. The second-order valence-electron chi connectivity index (χ2n) is 7.15. The van der Waals surface area contributed by atoms with Crippen molar-refractivity contribution >= 4 is 43.9 Å². The quantitative estimate of drug-likeness (QED) is 0.399. The molecule has 1 amide bonds. The molecule has 5 heteroatoms. The van der Waals surface area contributed by atoms with E-state index in [-0.39, 0.29) is 5.91 Å². The predicted octanol–water partition coefficient (Wildman–Crippen LogP) is 6.11. The number of hydrogen-bond acceptors (Lipinski definition) is 3. The molecule has 0 fully saturated rings. The molecule has 0 bridgehead atoms. The number of amides is 1. The number of carbonyl (C=O) groups excluding carboxylic acids is 1. The van der Waals surface area contributed by atoms with Crippen LogP contribution < -0.4 is 5.32 Å². The number of carbonyl (C=O) groups is 1. The Morgan fingerprint density at radius 2 is 1.72 bits per heavy atom. The maximum atomic E-state index is 13.0. The summed E-state index contributed by atoms with van der Waals surface area (Å²) in [5.74, 6) is -0.0993. The van der Waals surface area contributed by atoms with E-state index in [1.165, 1.54) is 16.9 Å². The number of hydrogen-bond donors (Lipinski definition) is 1. The molecule has 2 aromatic heterocycles. The molecular formula is C24H19N3OS. The Kier molecular flexibility index (Phi) is 4.18. The first-order valence-corrected chi connectivity index (χ1v) is 10.3. The van der Waals surface area contributed by atoms with Gasteiger partial charge >= 0.3 is 0 Å². The Bertz CT molecular complexity index is 1370. The van der Waals surface area contributed by atoms with Crippen LogP contribution in [0.2, 0.25) is 0 Å².